The number of hydrogen-bond acceptors (Lipinski definition) is 6. The summed E-state index contributed by atoms with van der Waals surface area (Å²) in [6, 6.07) is 1.55. The van der Waals surface area contributed by atoms with E-state index in [9.17, 15) is 4.79 Å². The van der Waals surface area contributed by atoms with E-state index in [1.165, 1.54) is 12.8 Å². The maximum Gasteiger partial charge on any atom is 0.260 e. The molecule has 1 atom stereocenters. The largest absolute Gasteiger partial charge is 0.490 e. The molecule has 2 aromatic heterocycles. The van der Waals surface area contributed by atoms with E-state index in [4.69, 9.17) is 27.1 Å². The number of halogens is 2. The molecule has 2 fully saturated rings. The number of ether oxygens (including phenoxy) is 1. The molecule has 3 aromatic rings. The van der Waals surface area contributed by atoms with Crippen molar-refractivity contribution in [2.45, 2.75) is 52.6 Å². The first-order valence-corrected chi connectivity index (χ1v) is 13.3. The zero-order chi connectivity index (χ0) is 26.4. The summed E-state index contributed by atoms with van der Waals surface area (Å²) in [5.74, 6) is 0.520. The zero-order valence-electron chi connectivity index (χ0n) is 21.8. The third-order valence-electron chi connectivity index (χ3n) is 7.28. The van der Waals surface area contributed by atoms with Gasteiger partial charge in [0, 0.05) is 56.6 Å². The Kier molecular flexibility index (Phi) is 7.02. The van der Waals surface area contributed by atoms with Gasteiger partial charge in [-0.05, 0) is 45.6 Å². The number of aryl methyl sites for hydroxylation is 1. The van der Waals surface area contributed by atoms with Crippen molar-refractivity contribution in [3.63, 3.8) is 0 Å². The second kappa shape index (κ2) is 10.1. The van der Waals surface area contributed by atoms with E-state index < -0.39 is 11.7 Å². The Balaban J connectivity index is 1.54. The van der Waals surface area contributed by atoms with E-state index >= 15 is 4.39 Å². The predicted molar refractivity (Wildman–Crippen MR) is 142 cm³/mol. The summed E-state index contributed by atoms with van der Waals surface area (Å²) in [5.41, 5.74) is 8.04. The summed E-state index contributed by atoms with van der Waals surface area (Å²) >= 11 is 6.41. The summed E-state index contributed by atoms with van der Waals surface area (Å²) in [6.07, 6.45) is 5.70. The van der Waals surface area contributed by atoms with Gasteiger partial charge in [-0.15, -0.1) is 0 Å². The number of carbonyl (C=O) groups is 1. The number of fused-ring (bicyclic) bond motifs is 1. The summed E-state index contributed by atoms with van der Waals surface area (Å²) in [5, 5.41) is -0.118. The lowest BCUT2D eigenvalue weighted by Crippen LogP contribution is -2.49. The van der Waals surface area contributed by atoms with Crippen molar-refractivity contribution < 1.29 is 13.9 Å². The van der Waals surface area contributed by atoms with Crippen LogP contribution in [-0.2, 0) is 0 Å². The number of carbonyl (C=O) groups excluding carboxylic acids is 1. The summed E-state index contributed by atoms with van der Waals surface area (Å²) in [4.78, 5) is 26.8. The minimum Gasteiger partial charge on any atom is -0.490 e. The molecule has 1 unspecified atom stereocenters. The molecule has 1 saturated heterocycles. The predicted octanol–water partition coefficient (Wildman–Crippen LogP) is 4.52. The summed E-state index contributed by atoms with van der Waals surface area (Å²) in [6.45, 7) is 11.2. The molecule has 0 spiro atoms. The highest BCUT2D eigenvalue weighted by Gasteiger charge is 2.34. The maximum absolute atomic E-state index is 15.6. The summed E-state index contributed by atoms with van der Waals surface area (Å²) < 4.78 is 23.7. The fraction of sp³-hybridized carbons (Fsp3) is 0.519. The van der Waals surface area contributed by atoms with Crippen LogP contribution in [0.3, 0.4) is 0 Å². The Morgan fingerprint density at radius 2 is 1.95 bits per heavy atom. The fourth-order valence-electron chi connectivity index (χ4n) is 5.17. The molecule has 0 bridgehead atoms. The third-order valence-corrected chi connectivity index (χ3v) is 7.55. The fourth-order valence-corrected chi connectivity index (χ4v) is 5.39. The third kappa shape index (κ3) is 4.99. The molecule has 0 radical (unpaired) electrons. The highest BCUT2D eigenvalue weighted by molar-refractivity contribution is 6.31. The molecule has 2 N–H and O–H groups in total. The van der Waals surface area contributed by atoms with E-state index in [1.54, 1.807) is 23.4 Å². The van der Waals surface area contributed by atoms with Gasteiger partial charge in [0.25, 0.3) is 5.91 Å². The van der Waals surface area contributed by atoms with Crippen LogP contribution in [0, 0.1) is 18.7 Å². The number of anilines is 1. The molecule has 8 nitrogen and oxygen atoms in total. The molecule has 1 amide bonds. The van der Waals surface area contributed by atoms with E-state index in [1.807, 2.05) is 32.1 Å². The normalized spacial score (nSPS) is 17.5. The van der Waals surface area contributed by atoms with Gasteiger partial charge >= 0.3 is 0 Å². The van der Waals surface area contributed by atoms with Crippen molar-refractivity contribution in [1.82, 2.24) is 24.2 Å². The molecule has 2 aliphatic rings. The van der Waals surface area contributed by atoms with Crippen molar-refractivity contribution in [2.24, 2.45) is 5.92 Å². The second-order valence-corrected chi connectivity index (χ2v) is 10.9. The van der Waals surface area contributed by atoms with Crippen LogP contribution in [0.4, 0.5) is 10.2 Å². The van der Waals surface area contributed by atoms with Crippen LogP contribution in [0.2, 0.25) is 5.02 Å². The quantitative estimate of drug-likeness (QED) is 0.485. The first-order valence-electron chi connectivity index (χ1n) is 12.9. The Hall–Kier alpha value is -2.91. The van der Waals surface area contributed by atoms with Crippen LogP contribution in [-0.4, -0.2) is 68.9 Å². The lowest BCUT2D eigenvalue weighted by Gasteiger charge is -2.35. The van der Waals surface area contributed by atoms with E-state index in [0.717, 1.165) is 31.2 Å². The average Bonchev–Trinajstić information content (AvgIpc) is 3.61. The molecule has 1 aliphatic heterocycles. The van der Waals surface area contributed by atoms with Crippen molar-refractivity contribution in [3.8, 4) is 5.75 Å². The molecule has 37 heavy (non-hydrogen) atoms. The number of nitrogens with zero attached hydrogens (tertiary/aromatic N) is 5. The Labute approximate surface area is 221 Å². The number of nitrogens with two attached hydrogens (primary N) is 1. The van der Waals surface area contributed by atoms with Gasteiger partial charge in [0.1, 0.15) is 28.5 Å². The monoisotopic (exact) mass is 528 g/mol. The van der Waals surface area contributed by atoms with Gasteiger partial charge in [-0.1, -0.05) is 18.5 Å². The van der Waals surface area contributed by atoms with E-state index in [-0.39, 0.29) is 28.4 Å². The van der Waals surface area contributed by atoms with Crippen molar-refractivity contribution in [3.05, 3.63) is 51.9 Å². The first-order chi connectivity index (χ1) is 17.7. The number of imidazole rings is 1. The second-order valence-electron chi connectivity index (χ2n) is 10.5. The van der Waals surface area contributed by atoms with E-state index in [0.29, 0.717) is 35.8 Å². The molecular weight excluding hydrogens is 495 g/mol. The van der Waals surface area contributed by atoms with Crippen molar-refractivity contribution in [1.29, 1.82) is 0 Å². The number of rotatable bonds is 7. The molecule has 1 saturated carbocycles. The van der Waals surface area contributed by atoms with Gasteiger partial charge in [-0.3, -0.25) is 14.1 Å². The molecule has 1 aromatic carbocycles. The van der Waals surface area contributed by atoms with Gasteiger partial charge in [0.2, 0.25) is 0 Å². The molecule has 1 aliphatic carbocycles. The smallest absolute Gasteiger partial charge is 0.260 e. The minimum absolute atomic E-state index is 0.113. The van der Waals surface area contributed by atoms with Gasteiger partial charge < -0.3 is 15.4 Å². The first kappa shape index (κ1) is 25.7. The topological polar surface area (TPSA) is 89.0 Å². The highest BCUT2D eigenvalue weighted by Crippen LogP contribution is 2.40. The van der Waals surface area contributed by atoms with Crippen LogP contribution in [0.5, 0.6) is 5.75 Å². The molecule has 5 rings (SSSR count). The van der Waals surface area contributed by atoms with Crippen LogP contribution in [0.15, 0.2) is 18.5 Å². The van der Waals surface area contributed by atoms with Crippen LogP contribution in [0.25, 0.3) is 5.52 Å². The van der Waals surface area contributed by atoms with Crippen LogP contribution < -0.4 is 10.5 Å². The van der Waals surface area contributed by atoms with Gasteiger partial charge in [-0.2, -0.15) is 0 Å². The minimum atomic E-state index is -0.753. The Bertz CT molecular complexity index is 1330. The number of amides is 1. The lowest BCUT2D eigenvalue weighted by atomic mass is 9.95. The number of nitrogen functional groups attached to an aromatic ring is 1. The number of aromatic nitrogens is 3. The Morgan fingerprint density at radius 1 is 1.24 bits per heavy atom. The molecular formula is C27H34ClFN6O2. The van der Waals surface area contributed by atoms with Gasteiger partial charge in [0.05, 0.1) is 16.8 Å². The number of benzene rings is 1. The van der Waals surface area contributed by atoms with Gasteiger partial charge in [-0.25, -0.2) is 14.4 Å². The maximum atomic E-state index is 15.6. The molecule has 10 heteroatoms. The lowest BCUT2D eigenvalue weighted by molar-refractivity contribution is 0.0621. The van der Waals surface area contributed by atoms with Crippen LogP contribution in [0.1, 0.15) is 67.0 Å². The molecule has 198 valence electrons. The van der Waals surface area contributed by atoms with Crippen molar-refractivity contribution >= 4 is 28.8 Å². The SMILES string of the molecule is Cc1nc(C(C)c2cc(Cl)c(F)c(C(=O)N3CCN(CC4CC4)CC3)c2OC(C)C)n2ccnc(N)c12. The van der Waals surface area contributed by atoms with Crippen molar-refractivity contribution in [2.75, 3.05) is 38.5 Å². The zero-order valence-corrected chi connectivity index (χ0v) is 22.6. The van der Waals surface area contributed by atoms with E-state index in [2.05, 4.69) is 9.88 Å². The number of hydrogen-bond donors (Lipinski definition) is 1. The highest BCUT2D eigenvalue weighted by atomic mass is 35.5. The number of piperazine rings is 1. The standard InChI is InChI=1S/C27H34ClFN6O2/c1-15(2)37-24-19(16(3)26-32-17(4)23-25(30)31-7-8-35(23)26)13-20(28)22(29)21(24)27(36)34-11-9-33(10-12-34)14-18-5-6-18/h7-8,13,15-16,18H,5-6,9-12,14H2,1-4H3,(H2,30,31). The molecule has 3 heterocycles. The Morgan fingerprint density at radius 3 is 2.59 bits per heavy atom. The average molecular weight is 529 g/mol. The van der Waals surface area contributed by atoms with Gasteiger partial charge in [0.15, 0.2) is 5.82 Å². The van der Waals surface area contributed by atoms with Crippen LogP contribution >= 0.6 is 11.6 Å². The summed E-state index contributed by atoms with van der Waals surface area (Å²) in [7, 11) is 0.